The van der Waals surface area contributed by atoms with Crippen LogP contribution >= 0.6 is 11.8 Å². The zero-order chi connectivity index (χ0) is 18.4. The SMILES string of the molecule is CC(C)Sc1ccc(CC(=O)NC[C@H]2CCCN2c2ccccc2)cc1. The molecular formula is C22H28N2OS. The van der Waals surface area contributed by atoms with Crippen molar-refractivity contribution in [3.05, 3.63) is 60.2 Å². The summed E-state index contributed by atoms with van der Waals surface area (Å²) in [6, 6.07) is 19.2. The largest absolute Gasteiger partial charge is 0.367 e. The van der Waals surface area contributed by atoms with Gasteiger partial charge >= 0.3 is 0 Å². The van der Waals surface area contributed by atoms with Gasteiger partial charge in [0.05, 0.1) is 6.42 Å². The summed E-state index contributed by atoms with van der Waals surface area (Å²) in [5.74, 6) is 0.106. The molecule has 0 bridgehead atoms. The van der Waals surface area contributed by atoms with E-state index in [0.29, 0.717) is 17.7 Å². The number of hydrogen-bond donors (Lipinski definition) is 1. The van der Waals surface area contributed by atoms with Crippen molar-refractivity contribution in [2.45, 2.75) is 49.3 Å². The first-order valence-corrected chi connectivity index (χ1v) is 10.3. The molecule has 3 rings (SSSR count). The van der Waals surface area contributed by atoms with Gasteiger partial charge in [0, 0.05) is 35.0 Å². The maximum absolute atomic E-state index is 12.3. The van der Waals surface area contributed by atoms with E-state index in [0.717, 1.165) is 25.1 Å². The van der Waals surface area contributed by atoms with Crippen LogP contribution < -0.4 is 10.2 Å². The number of thioether (sulfide) groups is 1. The maximum atomic E-state index is 12.3. The Kier molecular flexibility index (Phi) is 6.62. The topological polar surface area (TPSA) is 32.3 Å². The quantitative estimate of drug-likeness (QED) is 0.730. The Morgan fingerprint density at radius 3 is 2.58 bits per heavy atom. The predicted octanol–water partition coefficient (Wildman–Crippen LogP) is 4.51. The minimum atomic E-state index is 0.106. The van der Waals surface area contributed by atoms with Crippen molar-refractivity contribution in [3.63, 3.8) is 0 Å². The highest BCUT2D eigenvalue weighted by Crippen LogP contribution is 2.25. The zero-order valence-corrected chi connectivity index (χ0v) is 16.5. The molecule has 26 heavy (non-hydrogen) atoms. The van der Waals surface area contributed by atoms with Crippen molar-refractivity contribution in [3.8, 4) is 0 Å². The lowest BCUT2D eigenvalue weighted by Gasteiger charge is -2.27. The van der Waals surface area contributed by atoms with E-state index in [2.05, 4.69) is 72.6 Å². The zero-order valence-electron chi connectivity index (χ0n) is 15.7. The summed E-state index contributed by atoms with van der Waals surface area (Å²) in [7, 11) is 0. The Bertz CT molecular complexity index is 700. The van der Waals surface area contributed by atoms with Crippen LogP contribution in [0.3, 0.4) is 0 Å². The Morgan fingerprint density at radius 1 is 1.15 bits per heavy atom. The first-order valence-electron chi connectivity index (χ1n) is 9.46. The van der Waals surface area contributed by atoms with Gasteiger partial charge in [0.2, 0.25) is 5.91 Å². The Balaban J connectivity index is 1.49. The van der Waals surface area contributed by atoms with E-state index in [1.165, 1.54) is 17.0 Å². The van der Waals surface area contributed by atoms with Crippen LogP contribution in [0.2, 0.25) is 0 Å². The number of anilines is 1. The molecule has 1 fully saturated rings. The number of carbonyl (C=O) groups excluding carboxylic acids is 1. The number of rotatable bonds is 7. The molecule has 0 saturated carbocycles. The van der Waals surface area contributed by atoms with Gasteiger partial charge in [-0.1, -0.05) is 44.2 Å². The summed E-state index contributed by atoms with van der Waals surface area (Å²) in [5, 5.41) is 3.71. The molecular weight excluding hydrogens is 340 g/mol. The number of benzene rings is 2. The van der Waals surface area contributed by atoms with Gasteiger partial charge in [-0.15, -0.1) is 11.8 Å². The number of para-hydroxylation sites is 1. The normalized spacial score (nSPS) is 16.9. The maximum Gasteiger partial charge on any atom is 0.224 e. The molecule has 1 aliphatic heterocycles. The van der Waals surface area contributed by atoms with E-state index in [1.54, 1.807) is 0 Å². The van der Waals surface area contributed by atoms with Gasteiger partial charge in [-0.2, -0.15) is 0 Å². The lowest BCUT2D eigenvalue weighted by Crippen LogP contribution is -2.40. The standard InChI is InChI=1S/C22H28N2OS/c1-17(2)26-21-12-10-18(11-13-21)15-22(25)23-16-20-9-6-14-24(20)19-7-4-3-5-8-19/h3-5,7-8,10-13,17,20H,6,9,14-16H2,1-2H3,(H,23,25)/t20-/m1/s1. The molecule has 3 nitrogen and oxygen atoms in total. The summed E-state index contributed by atoms with van der Waals surface area (Å²) in [6.07, 6.45) is 2.77. The first-order chi connectivity index (χ1) is 12.6. The average Bonchev–Trinajstić information content (AvgIpc) is 3.11. The number of nitrogens with one attached hydrogen (secondary N) is 1. The van der Waals surface area contributed by atoms with Crippen molar-refractivity contribution < 1.29 is 4.79 Å². The second-order valence-corrected chi connectivity index (χ2v) is 8.77. The summed E-state index contributed by atoms with van der Waals surface area (Å²) < 4.78 is 0. The fourth-order valence-corrected chi connectivity index (χ4v) is 4.28. The molecule has 4 heteroatoms. The Morgan fingerprint density at radius 2 is 1.88 bits per heavy atom. The van der Waals surface area contributed by atoms with Crippen molar-refractivity contribution in [1.82, 2.24) is 5.32 Å². The molecule has 1 aliphatic rings. The molecule has 0 aliphatic carbocycles. The monoisotopic (exact) mass is 368 g/mol. The first kappa shape index (κ1) is 18.8. The van der Waals surface area contributed by atoms with Crippen LogP contribution in [0.1, 0.15) is 32.3 Å². The van der Waals surface area contributed by atoms with E-state index >= 15 is 0 Å². The predicted molar refractivity (Wildman–Crippen MR) is 111 cm³/mol. The van der Waals surface area contributed by atoms with Crippen LogP contribution in [0.5, 0.6) is 0 Å². The second kappa shape index (κ2) is 9.13. The average molecular weight is 369 g/mol. The number of amides is 1. The molecule has 1 amide bonds. The highest BCUT2D eigenvalue weighted by atomic mass is 32.2. The fraction of sp³-hybridized carbons (Fsp3) is 0.409. The molecule has 1 atom stereocenters. The van der Waals surface area contributed by atoms with Crippen molar-refractivity contribution in [2.75, 3.05) is 18.0 Å². The van der Waals surface area contributed by atoms with Crippen LogP contribution in [-0.2, 0) is 11.2 Å². The van der Waals surface area contributed by atoms with Gasteiger partial charge in [0.15, 0.2) is 0 Å². The molecule has 2 aromatic rings. The van der Waals surface area contributed by atoms with Gasteiger partial charge in [-0.3, -0.25) is 4.79 Å². The van der Waals surface area contributed by atoms with Crippen LogP contribution in [0, 0.1) is 0 Å². The summed E-state index contributed by atoms with van der Waals surface area (Å²) in [6.45, 7) is 6.16. The molecule has 2 aromatic carbocycles. The summed E-state index contributed by atoms with van der Waals surface area (Å²) >= 11 is 1.85. The Hall–Kier alpha value is -1.94. The number of nitrogens with zero attached hydrogens (tertiary/aromatic N) is 1. The van der Waals surface area contributed by atoms with E-state index in [-0.39, 0.29) is 5.91 Å². The minimum absolute atomic E-state index is 0.106. The molecule has 1 N–H and O–H groups in total. The lowest BCUT2D eigenvalue weighted by atomic mass is 10.1. The molecule has 0 spiro atoms. The minimum Gasteiger partial charge on any atom is -0.367 e. The highest BCUT2D eigenvalue weighted by molar-refractivity contribution is 7.99. The van der Waals surface area contributed by atoms with Crippen molar-refractivity contribution >= 4 is 23.4 Å². The Labute approximate surface area is 161 Å². The van der Waals surface area contributed by atoms with Crippen molar-refractivity contribution in [2.24, 2.45) is 0 Å². The summed E-state index contributed by atoms with van der Waals surface area (Å²) in [5.41, 5.74) is 2.32. The molecule has 1 saturated heterocycles. The van der Waals surface area contributed by atoms with Crippen molar-refractivity contribution in [1.29, 1.82) is 0 Å². The third-order valence-corrected chi connectivity index (χ3v) is 5.68. The molecule has 0 aromatic heterocycles. The van der Waals surface area contributed by atoms with Crippen LogP contribution in [-0.4, -0.2) is 30.3 Å². The van der Waals surface area contributed by atoms with Gasteiger partial charge in [-0.25, -0.2) is 0 Å². The van der Waals surface area contributed by atoms with Gasteiger partial charge in [-0.05, 0) is 42.7 Å². The summed E-state index contributed by atoms with van der Waals surface area (Å²) in [4.78, 5) is 16.0. The molecule has 0 unspecified atom stereocenters. The molecule has 0 radical (unpaired) electrons. The van der Waals surface area contributed by atoms with E-state index in [4.69, 9.17) is 0 Å². The van der Waals surface area contributed by atoms with Gasteiger partial charge in [0.25, 0.3) is 0 Å². The highest BCUT2D eigenvalue weighted by Gasteiger charge is 2.24. The fourth-order valence-electron chi connectivity index (χ4n) is 3.44. The molecule has 138 valence electrons. The smallest absolute Gasteiger partial charge is 0.224 e. The third-order valence-electron chi connectivity index (χ3n) is 4.66. The van der Waals surface area contributed by atoms with Crippen LogP contribution in [0.25, 0.3) is 0 Å². The van der Waals surface area contributed by atoms with Crippen LogP contribution in [0.15, 0.2) is 59.5 Å². The van der Waals surface area contributed by atoms with E-state index < -0.39 is 0 Å². The molecule has 1 heterocycles. The number of hydrogen-bond acceptors (Lipinski definition) is 3. The van der Waals surface area contributed by atoms with E-state index in [1.807, 2.05) is 17.8 Å². The second-order valence-electron chi connectivity index (χ2n) is 7.12. The van der Waals surface area contributed by atoms with Gasteiger partial charge in [0.1, 0.15) is 0 Å². The van der Waals surface area contributed by atoms with Crippen LogP contribution in [0.4, 0.5) is 5.69 Å². The van der Waals surface area contributed by atoms with Gasteiger partial charge < -0.3 is 10.2 Å². The third kappa shape index (κ3) is 5.28. The lowest BCUT2D eigenvalue weighted by molar-refractivity contribution is -0.120. The van der Waals surface area contributed by atoms with E-state index in [9.17, 15) is 4.79 Å². The number of carbonyl (C=O) groups is 1.